The lowest BCUT2D eigenvalue weighted by Crippen LogP contribution is -2.69. The van der Waals surface area contributed by atoms with Crippen LogP contribution < -0.4 is 9.42 Å². The highest BCUT2D eigenvalue weighted by atomic mass is 32.2. The molecular weight excluding hydrogens is 336 g/mol. The minimum Gasteiger partial charge on any atom is -0.270 e. The molecule has 2 aromatic carbocycles. The Morgan fingerprint density at radius 2 is 1.48 bits per heavy atom. The molecule has 0 bridgehead atoms. The molecule has 1 unspecified atom stereocenters. The smallest absolute Gasteiger partial charge is 0.270 e. The minimum atomic E-state index is -4.50. The van der Waals surface area contributed by atoms with Gasteiger partial charge in [0.1, 0.15) is 5.54 Å². The summed E-state index contributed by atoms with van der Waals surface area (Å²) in [5.74, 6) is 0. The first-order valence-corrected chi connectivity index (χ1v) is 9.43. The van der Waals surface area contributed by atoms with E-state index in [0.717, 1.165) is 0 Å². The van der Waals surface area contributed by atoms with Crippen LogP contribution in [0.15, 0.2) is 85.0 Å². The maximum absolute atomic E-state index is 12.0. The Kier molecular flexibility index (Phi) is 4.62. The number of rotatable bonds is 5. The minimum absolute atomic E-state index is 0.256. The Balaban J connectivity index is 2.36. The van der Waals surface area contributed by atoms with E-state index in [2.05, 4.69) is 4.83 Å². The van der Waals surface area contributed by atoms with Crippen LogP contribution in [0.1, 0.15) is 13.3 Å². The molecule has 1 atom stereocenters. The third kappa shape index (κ3) is 3.29. The molecule has 1 aliphatic carbocycles. The normalized spacial score (nSPS) is 20.6. The molecule has 0 radical (unpaired) electrons. The molecule has 1 aliphatic rings. The molecule has 0 aromatic heterocycles. The van der Waals surface area contributed by atoms with Crippen LogP contribution in [0.2, 0.25) is 0 Å². The molecule has 130 valence electrons. The molecule has 0 fully saturated rings. The Morgan fingerprint density at radius 3 is 1.88 bits per heavy atom. The van der Waals surface area contributed by atoms with Crippen molar-refractivity contribution in [1.29, 1.82) is 0 Å². The largest absolute Gasteiger partial charge is 0.376 e. The fraction of sp³-hybridized carbons (Fsp3) is 0.158. The van der Waals surface area contributed by atoms with Gasteiger partial charge in [-0.15, -0.1) is 0 Å². The highest BCUT2D eigenvalue weighted by Crippen LogP contribution is 2.44. The summed E-state index contributed by atoms with van der Waals surface area (Å²) < 4.78 is 33.4. The number of benzene rings is 2. The zero-order valence-corrected chi connectivity index (χ0v) is 14.7. The van der Waals surface area contributed by atoms with Crippen LogP contribution in [0.3, 0.4) is 0 Å². The Hall–Kier alpha value is -2.25. The molecule has 2 N–H and O–H groups in total. The molecule has 2 aromatic rings. The van der Waals surface area contributed by atoms with Crippen molar-refractivity contribution in [2.24, 2.45) is 0 Å². The summed E-state index contributed by atoms with van der Waals surface area (Å²) in [5, 5.41) is 0. The van der Waals surface area contributed by atoms with Gasteiger partial charge in [-0.1, -0.05) is 54.6 Å². The van der Waals surface area contributed by atoms with Gasteiger partial charge in [0.15, 0.2) is 11.4 Å². The number of quaternary nitrogens is 1. The predicted octanol–water partition coefficient (Wildman–Crippen LogP) is 3.91. The highest BCUT2D eigenvalue weighted by Gasteiger charge is 2.52. The van der Waals surface area contributed by atoms with Crippen molar-refractivity contribution in [1.82, 2.24) is 9.42 Å². The molecule has 0 aliphatic heterocycles. The van der Waals surface area contributed by atoms with Gasteiger partial charge >= 0.3 is 10.3 Å². The van der Waals surface area contributed by atoms with Crippen molar-refractivity contribution in [3.8, 4) is 0 Å². The van der Waals surface area contributed by atoms with E-state index in [0.29, 0.717) is 17.8 Å². The van der Waals surface area contributed by atoms with E-state index in [1.54, 1.807) is 0 Å². The quantitative estimate of drug-likeness (QED) is 0.484. The van der Waals surface area contributed by atoms with Crippen LogP contribution in [0, 0.1) is 0 Å². The van der Waals surface area contributed by atoms with Crippen molar-refractivity contribution in [3.05, 3.63) is 85.0 Å². The fourth-order valence-corrected chi connectivity index (χ4v) is 4.16. The lowest BCUT2D eigenvalue weighted by Gasteiger charge is -2.47. The number of nitrogens with zero attached hydrogens (tertiary/aromatic N) is 1. The average molecular weight is 357 g/mol. The number of para-hydroxylation sites is 2. The lowest BCUT2D eigenvalue weighted by atomic mass is 9.88. The number of allylic oxidation sites excluding steroid dienone is 2. The molecule has 0 heterocycles. The van der Waals surface area contributed by atoms with Crippen LogP contribution in [0.25, 0.3) is 0 Å². The van der Waals surface area contributed by atoms with Crippen LogP contribution >= 0.6 is 0 Å². The zero-order valence-electron chi connectivity index (χ0n) is 13.9. The number of hydrogen-bond acceptors (Lipinski definition) is 2. The van der Waals surface area contributed by atoms with Crippen molar-refractivity contribution < 1.29 is 13.0 Å². The summed E-state index contributed by atoms with van der Waals surface area (Å²) in [6, 6.07) is 18.5. The van der Waals surface area contributed by atoms with E-state index in [1.165, 1.54) is 0 Å². The van der Waals surface area contributed by atoms with Crippen LogP contribution in [-0.2, 0) is 10.3 Å². The second-order valence-corrected chi connectivity index (χ2v) is 7.39. The van der Waals surface area contributed by atoms with Gasteiger partial charge < -0.3 is 0 Å². The summed E-state index contributed by atoms with van der Waals surface area (Å²) in [4.78, 5) is 2.49. The number of nitrogens with one attached hydrogen (secondary N) is 1. The Morgan fingerprint density at radius 1 is 0.960 bits per heavy atom. The van der Waals surface area contributed by atoms with Gasteiger partial charge in [-0.25, -0.2) is 0 Å². The SMILES string of the molecule is CC1([N+](NS(=O)(=O)O)(c2ccccc2)c2ccccc2)C=CC=CC1. The van der Waals surface area contributed by atoms with Gasteiger partial charge in [0.25, 0.3) is 0 Å². The van der Waals surface area contributed by atoms with Gasteiger partial charge in [0.2, 0.25) is 0 Å². The molecule has 6 heteroatoms. The van der Waals surface area contributed by atoms with Crippen LogP contribution in [0.5, 0.6) is 0 Å². The second-order valence-electron chi connectivity index (χ2n) is 6.26. The molecule has 25 heavy (non-hydrogen) atoms. The third-order valence-electron chi connectivity index (χ3n) is 4.54. The van der Waals surface area contributed by atoms with Crippen molar-refractivity contribution >= 4 is 21.7 Å². The first kappa shape index (κ1) is 17.6. The summed E-state index contributed by atoms with van der Waals surface area (Å²) >= 11 is 0. The molecule has 3 rings (SSSR count). The van der Waals surface area contributed by atoms with E-state index in [-0.39, 0.29) is 4.59 Å². The predicted molar refractivity (Wildman–Crippen MR) is 100 cm³/mol. The van der Waals surface area contributed by atoms with Crippen LogP contribution in [0.4, 0.5) is 11.4 Å². The summed E-state index contributed by atoms with van der Waals surface area (Å²) in [5.41, 5.74) is 0.732. The van der Waals surface area contributed by atoms with E-state index in [4.69, 9.17) is 0 Å². The molecular formula is C19H21N2O3S+. The molecule has 0 saturated carbocycles. The van der Waals surface area contributed by atoms with Gasteiger partial charge in [0.05, 0.1) is 0 Å². The second kappa shape index (κ2) is 6.57. The van der Waals surface area contributed by atoms with Gasteiger partial charge in [-0.05, 0) is 17.8 Å². The maximum atomic E-state index is 12.0. The summed E-state index contributed by atoms with van der Waals surface area (Å²) in [6.45, 7) is 1.96. The van der Waals surface area contributed by atoms with Crippen molar-refractivity contribution in [2.45, 2.75) is 18.9 Å². The average Bonchev–Trinajstić information content (AvgIpc) is 2.61. The van der Waals surface area contributed by atoms with E-state index in [9.17, 15) is 13.0 Å². The third-order valence-corrected chi connectivity index (χ3v) is 5.04. The maximum Gasteiger partial charge on any atom is 0.376 e. The van der Waals surface area contributed by atoms with E-state index < -0.39 is 15.8 Å². The van der Waals surface area contributed by atoms with Crippen molar-refractivity contribution in [2.75, 3.05) is 0 Å². The fourth-order valence-electron chi connectivity index (χ4n) is 3.39. The Labute approximate surface area is 148 Å². The zero-order chi connectivity index (χ0) is 18.0. The van der Waals surface area contributed by atoms with E-state index in [1.807, 2.05) is 91.9 Å². The van der Waals surface area contributed by atoms with Crippen molar-refractivity contribution in [3.63, 3.8) is 0 Å². The van der Waals surface area contributed by atoms with Gasteiger partial charge in [-0.3, -0.25) is 4.55 Å². The molecule has 0 amide bonds. The number of hydrogen-bond donors (Lipinski definition) is 2. The molecule has 0 saturated heterocycles. The van der Waals surface area contributed by atoms with Crippen LogP contribution in [-0.4, -0.2) is 18.5 Å². The first-order valence-electron chi connectivity index (χ1n) is 7.99. The molecule has 0 spiro atoms. The lowest BCUT2D eigenvalue weighted by molar-refractivity contribution is 0.192. The van der Waals surface area contributed by atoms with Gasteiger partial charge in [0, 0.05) is 30.7 Å². The molecule has 5 nitrogen and oxygen atoms in total. The monoisotopic (exact) mass is 357 g/mol. The highest BCUT2D eigenvalue weighted by molar-refractivity contribution is 7.83. The first-order chi connectivity index (χ1) is 11.9. The topological polar surface area (TPSA) is 66.4 Å². The summed E-state index contributed by atoms with van der Waals surface area (Å²) in [6.07, 6.45) is 8.37. The summed E-state index contributed by atoms with van der Waals surface area (Å²) in [7, 11) is -4.50. The Bertz CT molecular complexity index is 853. The van der Waals surface area contributed by atoms with Gasteiger partial charge in [-0.2, -0.15) is 13.0 Å². The standard InChI is InChI=1S/C19H20N2O3S/c1-19(15-9-4-10-16-19)21(20-25(22,23)24,17-11-5-2-6-12-17)18-13-7-3-8-14-18/h2-15,20H,16H2,1H3/p+1. The van der Waals surface area contributed by atoms with E-state index >= 15 is 0 Å².